The average Bonchev–Trinajstić information content (AvgIpc) is 2.62. The van der Waals surface area contributed by atoms with Gasteiger partial charge >= 0.3 is 7.60 Å². The van der Waals surface area contributed by atoms with Gasteiger partial charge in [0.1, 0.15) is 5.82 Å². The largest absolute Gasteiger partial charge is 0.379 e. The highest BCUT2D eigenvalue weighted by molar-refractivity contribution is 7.84. The van der Waals surface area contributed by atoms with Gasteiger partial charge in [0.05, 0.1) is 28.9 Å². The number of hydrogen-bond acceptors (Lipinski definition) is 6. The van der Waals surface area contributed by atoms with E-state index in [9.17, 15) is 8.77 Å². The molecule has 2 atom stereocenters. The van der Waals surface area contributed by atoms with E-state index in [2.05, 4.69) is 23.5 Å². The molecular formula is C20H36N3O4PS. The van der Waals surface area contributed by atoms with E-state index in [1.807, 2.05) is 26.8 Å². The zero-order chi connectivity index (χ0) is 21.8. The summed E-state index contributed by atoms with van der Waals surface area (Å²) in [7, 11) is -4.66. The van der Waals surface area contributed by atoms with Crippen molar-refractivity contribution in [2.24, 2.45) is 5.92 Å². The zero-order valence-electron chi connectivity index (χ0n) is 18.7. The molecule has 1 aliphatic rings. The van der Waals surface area contributed by atoms with E-state index in [-0.39, 0.29) is 24.0 Å². The lowest BCUT2D eigenvalue weighted by molar-refractivity contribution is 0.229. The van der Waals surface area contributed by atoms with Crippen molar-refractivity contribution in [3.05, 3.63) is 17.7 Å². The molecule has 29 heavy (non-hydrogen) atoms. The summed E-state index contributed by atoms with van der Waals surface area (Å²) in [6.07, 6.45) is 0.831. The van der Waals surface area contributed by atoms with Crippen LogP contribution >= 0.6 is 7.60 Å². The van der Waals surface area contributed by atoms with E-state index in [0.29, 0.717) is 11.4 Å². The molecule has 1 aromatic rings. The number of aromatic nitrogens is 1. The molecule has 0 aliphatic carbocycles. The van der Waals surface area contributed by atoms with Gasteiger partial charge in [0.25, 0.3) is 0 Å². The van der Waals surface area contributed by atoms with Crippen molar-refractivity contribution < 1.29 is 17.8 Å². The van der Waals surface area contributed by atoms with Gasteiger partial charge in [-0.25, -0.2) is 13.9 Å². The molecule has 0 saturated carbocycles. The smallest absolute Gasteiger partial charge is 0.356 e. The molecule has 0 fully saturated rings. The Kier molecular flexibility index (Phi) is 8.45. The van der Waals surface area contributed by atoms with E-state index in [1.165, 1.54) is 0 Å². The number of nitrogens with one attached hydrogen (secondary N) is 1. The van der Waals surface area contributed by atoms with Crippen molar-refractivity contribution in [2.75, 3.05) is 31.2 Å². The molecule has 1 aromatic heterocycles. The molecule has 0 amide bonds. The summed E-state index contributed by atoms with van der Waals surface area (Å²) in [6, 6.07) is 3.57. The molecule has 2 unspecified atom stereocenters. The van der Waals surface area contributed by atoms with E-state index in [4.69, 9.17) is 14.0 Å². The Morgan fingerprint density at radius 3 is 2.41 bits per heavy atom. The van der Waals surface area contributed by atoms with Crippen LogP contribution in [0.4, 0.5) is 5.82 Å². The zero-order valence-corrected chi connectivity index (χ0v) is 20.4. The second kappa shape index (κ2) is 10.0. The third-order valence-electron chi connectivity index (χ3n) is 4.52. The van der Waals surface area contributed by atoms with Gasteiger partial charge in [-0.3, -0.25) is 4.57 Å². The van der Waals surface area contributed by atoms with Crippen LogP contribution in [0, 0.1) is 5.92 Å². The molecule has 1 N–H and O–H groups in total. The summed E-state index contributed by atoms with van der Waals surface area (Å²) < 4.78 is 39.8. The van der Waals surface area contributed by atoms with Crippen molar-refractivity contribution in [3.8, 4) is 0 Å². The lowest BCUT2D eigenvalue weighted by Crippen LogP contribution is -2.42. The Labute approximate surface area is 178 Å². The van der Waals surface area contributed by atoms with Gasteiger partial charge in [0.2, 0.25) is 0 Å². The monoisotopic (exact) mass is 445 g/mol. The fourth-order valence-electron chi connectivity index (χ4n) is 3.23. The molecule has 0 bridgehead atoms. The number of pyridine rings is 1. The Bertz CT molecular complexity index is 757. The van der Waals surface area contributed by atoms with E-state index in [0.717, 1.165) is 30.9 Å². The molecule has 0 radical (unpaired) electrons. The van der Waals surface area contributed by atoms with Crippen molar-refractivity contribution in [1.29, 1.82) is 0 Å². The van der Waals surface area contributed by atoms with Crippen LogP contribution in [0.25, 0.3) is 0 Å². The van der Waals surface area contributed by atoms with Gasteiger partial charge < -0.3 is 13.9 Å². The summed E-state index contributed by atoms with van der Waals surface area (Å²) >= 11 is 0. The SMILES string of the molecule is CCOP(=O)(OCC)c1ccc2c(n1)N(CC(C)C)CCC2NS(=O)C(C)(C)C. The highest BCUT2D eigenvalue weighted by Crippen LogP contribution is 2.47. The predicted molar refractivity (Wildman–Crippen MR) is 120 cm³/mol. The average molecular weight is 446 g/mol. The Morgan fingerprint density at radius 2 is 1.90 bits per heavy atom. The summed E-state index contributed by atoms with van der Waals surface area (Å²) in [5.74, 6) is 1.22. The molecule has 166 valence electrons. The highest BCUT2D eigenvalue weighted by Gasteiger charge is 2.34. The topological polar surface area (TPSA) is 80.8 Å². The first-order valence-corrected chi connectivity index (χ1v) is 13.0. The maximum Gasteiger partial charge on any atom is 0.379 e. The minimum Gasteiger partial charge on any atom is -0.356 e. The highest BCUT2D eigenvalue weighted by atomic mass is 32.2. The number of rotatable bonds is 9. The molecule has 0 spiro atoms. The van der Waals surface area contributed by atoms with Gasteiger partial charge in [0, 0.05) is 24.7 Å². The van der Waals surface area contributed by atoms with Crippen molar-refractivity contribution in [2.45, 2.75) is 65.7 Å². The second-order valence-corrected chi connectivity index (χ2v) is 12.6. The van der Waals surface area contributed by atoms with Crippen molar-refractivity contribution in [1.82, 2.24) is 9.71 Å². The third-order valence-corrected chi connectivity index (χ3v) is 8.14. The Hall–Kier alpha value is -0.790. The molecule has 1 aliphatic heterocycles. The number of fused-ring (bicyclic) bond motifs is 1. The number of hydrogen-bond donors (Lipinski definition) is 1. The van der Waals surface area contributed by atoms with Gasteiger partial charge in [0.15, 0.2) is 5.44 Å². The third kappa shape index (κ3) is 6.11. The van der Waals surface area contributed by atoms with E-state index >= 15 is 0 Å². The molecule has 0 saturated heterocycles. The fraction of sp³-hybridized carbons (Fsp3) is 0.750. The minimum atomic E-state index is -3.47. The fourth-order valence-corrected chi connectivity index (χ4v) is 5.58. The van der Waals surface area contributed by atoms with Crippen LogP contribution in [0.3, 0.4) is 0 Å². The summed E-state index contributed by atoms with van der Waals surface area (Å²) in [5, 5.41) is 0. The van der Waals surface area contributed by atoms with Crippen LogP contribution in [-0.4, -0.2) is 40.2 Å². The standard InChI is InChI=1S/C20H36N3O4PS/c1-8-26-28(24,27-9-2)18-11-10-16-17(22-29(25)20(5,6)7)12-13-23(14-15(3)4)19(16)21-18/h10-11,15,17,22H,8-9,12-14H2,1-7H3. The van der Waals surface area contributed by atoms with E-state index in [1.54, 1.807) is 19.9 Å². The van der Waals surface area contributed by atoms with Gasteiger partial charge in [-0.1, -0.05) is 19.9 Å². The van der Waals surface area contributed by atoms with Gasteiger partial charge in [-0.15, -0.1) is 0 Å². The number of nitrogens with zero attached hydrogens (tertiary/aromatic N) is 2. The van der Waals surface area contributed by atoms with Gasteiger partial charge in [-0.05, 0) is 53.0 Å². The first-order chi connectivity index (χ1) is 13.5. The summed E-state index contributed by atoms with van der Waals surface area (Å²) in [5.41, 5.74) is 1.30. The van der Waals surface area contributed by atoms with E-state index < -0.39 is 18.6 Å². The summed E-state index contributed by atoms with van der Waals surface area (Å²) in [6.45, 7) is 15.9. The van der Waals surface area contributed by atoms with Crippen LogP contribution in [0.2, 0.25) is 0 Å². The van der Waals surface area contributed by atoms with Crippen LogP contribution in [0.1, 0.15) is 66.5 Å². The number of anilines is 1. The lowest BCUT2D eigenvalue weighted by atomic mass is 9.99. The van der Waals surface area contributed by atoms with Crippen molar-refractivity contribution >= 4 is 29.8 Å². The molecule has 2 heterocycles. The van der Waals surface area contributed by atoms with Crippen molar-refractivity contribution in [3.63, 3.8) is 0 Å². The lowest BCUT2D eigenvalue weighted by Gasteiger charge is -2.37. The maximum absolute atomic E-state index is 13.2. The second-order valence-electron chi connectivity index (χ2n) is 8.60. The first kappa shape index (κ1) is 24.5. The van der Waals surface area contributed by atoms with Crippen LogP contribution in [0.15, 0.2) is 12.1 Å². The molecule has 0 aromatic carbocycles. The van der Waals surface area contributed by atoms with Crippen LogP contribution in [-0.2, 0) is 24.6 Å². The van der Waals surface area contributed by atoms with Crippen LogP contribution < -0.4 is 15.1 Å². The predicted octanol–water partition coefficient (Wildman–Crippen LogP) is 3.93. The normalized spacial score (nSPS) is 18.8. The Balaban J connectivity index is 2.46. The quantitative estimate of drug-likeness (QED) is 0.580. The maximum atomic E-state index is 13.2. The first-order valence-electron chi connectivity index (χ1n) is 10.4. The van der Waals surface area contributed by atoms with Crippen LogP contribution in [0.5, 0.6) is 0 Å². The Morgan fingerprint density at radius 1 is 1.28 bits per heavy atom. The molecule has 2 rings (SSSR count). The summed E-state index contributed by atoms with van der Waals surface area (Å²) in [4.78, 5) is 6.96. The molecular weight excluding hydrogens is 409 g/mol. The molecule has 9 heteroatoms. The minimum absolute atomic E-state index is 0.0754. The molecule has 7 nitrogen and oxygen atoms in total. The van der Waals surface area contributed by atoms with Gasteiger partial charge in [-0.2, -0.15) is 0 Å².